The van der Waals surface area contributed by atoms with E-state index in [1.807, 2.05) is 12.3 Å². The summed E-state index contributed by atoms with van der Waals surface area (Å²) < 4.78 is 0. The van der Waals surface area contributed by atoms with Crippen LogP contribution < -0.4 is 11.1 Å². The monoisotopic (exact) mass is 264 g/mol. The molecule has 0 saturated carbocycles. The van der Waals surface area contributed by atoms with Gasteiger partial charge in [0.25, 0.3) is 5.69 Å². The maximum atomic E-state index is 10.6. The summed E-state index contributed by atoms with van der Waals surface area (Å²) in [7, 11) is 0. The first-order valence-electron chi connectivity index (χ1n) is 5.28. The molecule has 1 atom stereocenters. The van der Waals surface area contributed by atoms with Crippen LogP contribution in [0.1, 0.15) is 18.0 Å². The number of anilines is 2. The summed E-state index contributed by atoms with van der Waals surface area (Å²) in [5, 5.41) is 16.7. The number of nitrogens with two attached hydrogens (primary N) is 1. The zero-order valence-electron chi connectivity index (χ0n) is 9.66. The number of nitrogens with one attached hydrogen (secondary N) is 1. The van der Waals surface area contributed by atoms with Gasteiger partial charge in [-0.3, -0.25) is 10.1 Å². The summed E-state index contributed by atoms with van der Waals surface area (Å²) in [6.07, 6.45) is 1.74. The lowest BCUT2D eigenvalue weighted by Gasteiger charge is -2.13. The minimum absolute atomic E-state index is 0.0332. The molecule has 1 unspecified atom stereocenters. The average Bonchev–Trinajstić information content (AvgIpc) is 2.81. The van der Waals surface area contributed by atoms with Gasteiger partial charge in [-0.2, -0.15) is 0 Å². The van der Waals surface area contributed by atoms with Gasteiger partial charge >= 0.3 is 0 Å². The Balaban J connectivity index is 2.15. The normalized spacial score (nSPS) is 12.1. The number of thiazole rings is 1. The minimum Gasteiger partial charge on any atom is -0.393 e. The molecule has 1 heterocycles. The van der Waals surface area contributed by atoms with E-state index in [4.69, 9.17) is 5.73 Å². The van der Waals surface area contributed by atoms with Crippen LogP contribution in [0.25, 0.3) is 0 Å². The number of rotatable bonds is 4. The SMILES string of the molecule is CC(Nc1ccc([N+](=O)[O-])c(N)c1)c1nccs1. The van der Waals surface area contributed by atoms with Gasteiger partial charge in [-0.05, 0) is 19.1 Å². The topological polar surface area (TPSA) is 94.1 Å². The second kappa shape index (κ2) is 5.01. The predicted molar refractivity (Wildman–Crippen MR) is 71.7 cm³/mol. The van der Waals surface area contributed by atoms with Crippen molar-refractivity contribution in [2.24, 2.45) is 0 Å². The summed E-state index contributed by atoms with van der Waals surface area (Å²) in [6.45, 7) is 1.97. The van der Waals surface area contributed by atoms with Crippen molar-refractivity contribution in [1.82, 2.24) is 4.98 Å². The average molecular weight is 264 g/mol. The summed E-state index contributed by atoms with van der Waals surface area (Å²) in [6, 6.07) is 4.62. The molecule has 1 aromatic heterocycles. The number of aromatic nitrogens is 1. The van der Waals surface area contributed by atoms with Gasteiger partial charge in [0.05, 0.1) is 11.0 Å². The molecule has 0 radical (unpaired) electrons. The molecule has 0 bridgehead atoms. The maximum absolute atomic E-state index is 10.6. The Kier molecular flexibility index (Phi) is 3.42. The number of nitrogen functional groups attached to an aromatic ring is 1. The predicted octanol–water partition coefficient (Wildman–Crippen LogP) is 2.81. The molecule has 0 saturated heterocycles. The lowest BCUT2D eigenvalue weighted by atomic mass is 10.2. The lowest BCUT2D eigenvalue weighted by molar-refractivity contribution is -0.383. The van der Waals surface area contributed by atoms with Gasteiger partial charge in [0, 0.05) is 23.3 Å². The third kappa shape index (κ3) is 2.57. The molecule has 0 aliphatic heterocycles. The first-order valence-corrected chi connectivity index (χ1v) is 6.15. The van der Waals surface area contributed by atoms with Gasteiger partial charge in [0.1, 0.15) is 10.7 Å². The molecular weight excluding hydrogens is 252 g/mol. The smallest absolute Gasteiger partial charge is 0.292 e. The van der Waals surface area contributed by atoms with E-state index in [0.717, 1.165) is 10.7 Å². The van der Waals surface area contributed by atoms with Crippen molar-refractivity contribution in [3.63, 3.8) is 0 Å². The van der Waals surface area contributed by atoms with Gasteiger partial charge in [-0.25, -0.2) is 4.98 Å². The van der Waals surface area contributed by atoms with Crippen LogP contribution in [-0.4, -0.2) is 9.91 Å². The van der Waals surface area contributed by atoms with Crippen molar-refractivity contribution >= 4 is 28.4 Å². The zero-order chi connectivity index (χ0) is 13.1. The van der Waals surface area contributed by atoms with Gasteiger partial charge in [0.15, 0.2) is 0 Å². The molecule has 3 N–H and O–H groups in total. The van der Waals surface area contributed by atoms with E-state index in [9.17, 15) is 10.1 Å². The van der Waals surface area contributed by atoms with E-state index in [0.29, 0.717) is 0 Å². The molecule has 0 aliphatic carbocycles. The minimum atomic E-state index is -0.497. The van der Waals surface area contributed by atoms with Gasteiger partial charge in [-0.15, -0.1) is 11.3 Å². The fourth-order valence-electron chi connectivity index (χ4n) is 1.57. The summed E-state index contributed by atoms with van der Waals surface area (Å²) in [4.78, 5) is 14.3. The number of nitro benzene ring substituents is 1. The molecular formula is C11H12N4O2S. The maximum Gasteiger partial charge on any atom is 0.292 e. The fraction of sp³-hybridized carbons (Fsp3) is 0.182. The van der Waals surface area contributed by atoms with E-state index in [1.165, 1.54) is 6.07 Å². The van der Waals surface area contributed by atoms with Crippen molar-refractivity contribution in [2.75, 3.05) is 11.1 Å². The highest BCUT2D eigenvalue weighted by Crippen LogP contribution is 2.27. The van der Waals surface area contributed by atoms with Crippen LogP contribution in [0.15, 0.2) is 29.8 Å². The molecule has 94 valence electrons. The van der Waals surface area contributed by atoms with E-state index < -0.39 is 4.92 Å². The number of benzene rings is 1. The van der Waals surface area contributed by atoms with Crippen LogP contribution in [0.5, 0.6) is 0 Å². The molecule has 2 aromatic rings. The molecule has 1 aromatic carbocycles. The molecule has 7 heteroatoms. The number of hydrogen-bond acceptors (Lipinski definition) is 6. The molecule has 6 nitrogen and oxygen atoms in total. The van der Waals surface area contributed by atoms with Crippen LogP contribution >= 0.6 is 11.3 Å². The molecule has 0 fully saturated rings. The molecule has 0 aliphatic rings. The van der Waals surface area contributed by atoms with E-state index in [1.54, 1.807) is 29.7 Å². The van der Waals surface area contributed by atoms with Crippen LogP contribution in [0.3, 0.4) is 0 Å². The Morgan fingerprint density at radius 1 is 1.56 bits per heavy atom. The van der Waals surface area contributed by atoms with Crippen molar-refractivity contribution < 1.29 is 4.92 Å². The van der Waals surface area contributed by atoms with Gasteiger partial charge in [0.2, 0.25) is 0 Å². The van der Waals surface area contributed by atoms with Crippen molar-refractivity contribution in [3.8, 4) is 0 Å². The van der Waals surface area contributed by atoms with Crippen molar-refractivity contribution in [1.29, 1.82) is 0 Å². The second-order valence-corrected chi connectivity index (χ2v) is 4.69. The van der Waals surface area contributed by atoms with Gasteiger partial charge < -0.3 is 11.1 Å². The van der Waals surface area contributed by atoms with Gasteiger partial charge in [-0.1, -0.05) is 0 Å². The summed E-state index contributed by atoms with van der Waals surface area (Å²) >= 11 is 1.55. The Labute approximate surface area is 108 Å². The number of nitro groups is 1. The van der Waals surface area contributed by atoms with Crippen molar-refractivity contribution in [2.45, 2.75) is 13.0 Å². The van der Waals surface area contributed by atoms with Crippen LogP contribution in [0.2, 0.25) is 0 Å². The first-order chi connectivity index (χ1) is 8.58. The Bertz CT molecular complexity index is 556. The highest BCUT2D eigenvalue weighted by atomic mass is 32.1. The largest absolute Gasteiger partial charge is 0.393 e. The van der Waals surface area contributed by atoms with Crippen molar-refractivity contribution in [3.05, 3.63) is 44.9 Å². The third-order valence-corrected chi connectivity index (χ3v) is 3.39. The zero-order valence-corrected chi connectivity index (χ0v) is 10.5. The molecule has 2 rings (SSSR count). The summed E-state index contributed by atoms with van der Waals surface area (Å²) in [5.74, 6) is 0. The number of nitrogens with zero attached hydrogens (tertiary/aromatic N) is 2. The van der Waals surface area contributed by atoms with E-state index in [2.05, 4.69) is 10.3 Å². The van der Waals surface area contributed by atoms with Crippen LogP contribution in [0.4, 0.5) is 17.1 Å². The standard InChI is InChI=1S/C11H12N4O2S/c1-7(11-13-4-5-18-11)14-8-2-3-10(15(16)17)9(12)6-8/h2-7,14H,12H2,1H3. The highest BCUT2D eigenvalue weighted by molar-refractivity contribution is 7.09. The molecule has 0 amide bonds. The quantitative estimate of drug-likeness (QED) is 0.503. The van der Waals surface area contributed by atoms with E-state index >= 15 is 0 Å². The van der Waals surface area contributed by atoms with Crippen LogP contribution in [-0.2, 0) is 0 Å². The Hall–Kier alpha value is -2.15. The molecule has 0 spiro atoms. The van der Waals surface area contributed by atoms with E-state index in [-0.39, 0.29) is 17.4 Å². The Morgan fingerprint density at radius 2 is 2.33 bits per heavy atom. The Morgan fingerprint density at radius 3 is 2.89 bits per heavy atom. The fourth-order valence-corrected chi connectivity index (χ4v) is 2.22. The highest BCUT2D eigenvalue weighted by Gasteiger charge is 2.13. The third-order valence-electron chi connectivity index (χ3n) is 2.43. The van der Waals surface area contributed by atoms with Crippen LogP contribution in [0, 0.1) is 10.1 Å². The first kappa shape index (κ1) is 12.3. The summed E-state index contributed by atoms with van der Waals surface area (Å²) in [5.41, 5.74) is 6.43. The second-order valence-electron chi connectivity index (χ2n) is 3.77. The molecule has 18 heavy (non-hydrogen) atoms. The number of hydrogen-bond donors (Lipinski definition) is 2. The lowest BCUT2D eigenvalue weighted by Crippen LogP contribution is -2.06.